The Kier molecular flexibility index (Phi) is 5.37. The van der Waals surface area contributed by atoms with Crippen molar-refractivity contribution >= 4 is 27.6 Å². The van der Waals surface area contributed by atoms with Crippen LogP contribution in [0.4, 0.5) is 13.6 Å². The van der Waals surface area contributed by atoms with Crippen LogP contribution in [-0.4, -0.2) is 22.2 Å². The standard InChI is InChI=1S/C23H24F2N2O3S/c1-22(2,3)30-20(28)26-12-14-5-4-6-15(9-14)16-7-8-18-19(10-16)31-21(29)27(18)13-17-11-23(17,24)25/h4-10,17H,11-13H2,1-3H3,(H,26,28). The van der Waals surface area contributed by atoms with Gasteiger partial charge in [-0.3, -0.25) is 9.36 Å². The largest absolute Gasteiger partial charge is 0.444 e. The van der Waals surface area contributed by atoms with Crippen molar-refractivity contribution in [3.8, 4) is 11.1 Å². The summed E-state index contributed by atoms with van der Waals surface area (Å²) in [5.74, 6) is -3.40. The number of rotatable bonds is 5. The number of benzene rings is 2. The van der Waals surface area contributed by atoms with Gasteiger partial charge in [0, 0.05) is 25.4 Å². The molecule has 0 saturated heterocycles. The smallest absolute Gasteiger partial charge is 0.407 e. The summed E-state index contributed by atoms with van der Waals surface area (Å²) in [5, 5.41) is 2.74. The minimum Gasteiger partial charge on any atom is -0.444 e. The Bertz CT molecular complexity index is 1190. The molecule has 1 aromatic heterocycles. The highest BCUT2D eigenvalue weighted by Gasteiger charge is 2.56. The summed E-state index contributed by atoms with van der Waals surface area (Å²) in [6.07, 6.45) is -0.634. The first-order valence-electron chi connectivity index (χ1n) is 10.1. The second-order valence-corrected chi connectivity index (χ2v) is 9.87. The molecule has 5 nitrogen and oxygen atoms in total. The molecule has 31 heavy (non-hydrogen) atoms. The van der Waals surface area contributed by atoms with Crippen molar-refractivity contribution in [2.75, 3.05) is 0 Å². The van der Waals surface area contributed by atoms with Gasteiger partial charge in [0.25, 0.3) is 5.92 Å². The van der Waals surface area contributed by atoms with E-state index < -0.39 is 23.5 Å². The molecule has 1 N–H and O–H groups in total. The zero-order valence-electron chi connectivity index (χ0n) is 17.6. The highest BCUT2D eigenvalue weighted by atomic mass is 32.1. The molecule has 3 aromatic rings. The van der Waals surface area contributed by atoms with Gasteiger partial charge in [-0.1, -0.05) is 35.6 Å². The molecule has 8 heteroatoms. The maximum atomic E-state index is 13.3. The van der Waals surface area contributed by atoms with E-state index in [1.807, 2.05) is 42.5 Å². The third-order valence-electron chi connectivity index (χ3n) is 5.12. The molecular weight excluding hydrogens is 422 g/mol. The predicted molar refractivity (Wildman–Crippen MR) is 118 cm³/mol. The van der Waals surface area contributed by atoms with E-state index in [4.69, 9.17) is 4.74 Å². The average Bonchev–Trinajstić information content (AvgIpc) is 3.16. The predicted octanol–water partition coefficient (Wildman–Crippen LogP) is 5.41. The number of amides is 1. The summed E-state index contributed by atoms with van der Waals surface area (Å²) in [4.78, 5) is 24.0. The number of alkyl halides is 2. The lowest BCUT2D eigenvalue weighted by atomic mass is 10.0. The Morgan fingerprint density at radius 3 is 2.61 bits per heavy atom. The topological polar surface area (TPSA) is 60.3 Å². The first-order chi connectivity index (χ1) is 14.5. The number of ether oxygens (including phenoxy) is 1. The van der Waals surface area contributed by atoms with Crippen molar-refractivity contribution < 1.29 is 18.3 Å². The van der Waals surface area contributed by atoms with Gasteiger partial charge in [-0.05, 0) is 55.7 Å². The minimum absolute atomic E-state index is 0.0526. The number of fused-ring (bicyclic) bond motifs is 1. The van der Waals surface area contributed by atoms with E-state index in [1.54, 1.807) is 20.8 Å². The summed E-state index contributed by atoms with van der Waals surface area (Å²) in [7, 11) is 0. The van der Waals surface area contributed by atoms with Gasteiger partial charge in [-0.25, -0.2) is 13.6 Å². The summed E-state index contributed by atoms with van der Waals surface area (Å²) >= 11 is 1.07. The van der Waals surface area contributed by atoms with Crippen molar-refractivity contribution in [3.63, 3.8) is 0 Å². The maximum absolute atomic E-state index is 13.3. The van der Waals surface area contributed by atoms with Crippen LogP contribution in [0.15, 0.2) is 47.3 Å². The number of nitrogens with one attached hydrogen (secondary N) is 1. The molecule has 1 fully saturated rings. The van der Waals surface area contributed by atoms with E-state index in [1.165, 1.54) is 4.57 Å². The van der Waals surface area contributed by atoms with E-state index in [0.29, 0.717) is 12.1 Å². The monoisotopic (exact) mass is 446 g/mol. The van der Waals surface area contributed by atoms with Crippen LogP contribution in [0.1, 0.15) is 32.8 Å². The van der Waals surface area contributed by atoms with Gasteiger partial charge in [0.2, 0.25) is 0 Å². The first kappa shape index (κ1) is 21.5. The van der Waals surface area contributed by atoms with Crippen LogP contribution in [-0.2, 0) is 17.8 Å². The highest BCUT2D eigenvalue weighted by Crippen LogP contribution is 2.49. The molecule has 0 spiro atoms. The summed E-state index contributed by atoms with van der Waals surface area (Å²) in [6, 6.07) is 13.3. The number of nitrogens with zero attached hydrogens (tertiary/aromatic N) is 1. The molecular formula is C23H24F2N2O3S. The van der Waals surface area contributed by atoms with Gasteiger partial charge in [0.05, 0.1) is 10.2 Å². The van der Waals surface area contributed by atoms with Crippen molar-refractivity contribution in [1.29, 1.82) is 0 Å². The third-order valence-corrected chi connectivity index (χ3v) is 6.06. The molecule has 1 atom stereocenters. The Hall–Kier alpha value is -2.74. The average molecular weight is 447 g/mol. The molecule has 0 aliphatic heterocycles. The molecule has 164 valence electrons. The molecule has 1 heterocycles. The molecule has 1 aliphatic rings. The number of halogens is 2. The summed E-state index contributed by atoms with van der Waals surface area (Å²) in [6.45, 7) is 5.80. The maximum Gasteiger partial charge on any atom is 0.407 e. The third kappa shape index (κ3) is 4.95. The molecule has 0 radical (unpaired) electrons. The van der Waals surface area contributed by atoms with E-state index in [-0.39, 0.29) is 17.8 Å². The molecule has 1 saturated carbocycles. The van der Waals surface area contributed by atoms with Crippen LogP contribution in [0.2, 0.25) is 0 Å². The fourth-order valence-electron chi connectivity index (χ4n) is 3.46. The van der Waals surface area contributed by atoms with Gasteiger partial charge in [0.1, 0.15) is 5.60 Å². The number of hydrogen-bond acceptors (Lipinski definition) is 4. The quantitative estimate of drug-likeness (QED) is 0.570. The van der Waals surface area contributed by atoms with Crippen LogP contribution in [0, 0.1) is 5.92 Å². The zero-order chi connectivity index (χ0) is 22.4. The number of alkyl carbamates (subject to hydrolysis) is 1. The van der Waals surface area contributed by atoms with Crippen LogP contribution in [0.25, 0.3) is 21.3 Å². The Labute approximate surface area is 182 Å². The van der Waals surface area contributed by atoms with Gasteiger partial charge in [-0.2, -0.15) is 0 Å². The Balaban J connectivity index is 1.52. The lowest BCUT2D eigenvalue weighted by Gasteiger charge is -2.19. The van der Waals surface area contributed by atoms with E-state index in [2.05, 4.69) is 5.32 Å². The lowest BCUT2D eigenvalue weighted by molar-refractivity contribution is 0.0523. The molecule has 1 aliphatic carbocycles. The van der Waals surface area contributed by atoms with Crippen LogP contribution in [0.3, 0.4) is 0 Å². The number of carbonyl (C=O) groups excluding carboxylic acids is 1. The minimum atomic E-state index is -2.65. The van der Waals surface area contributed by atoms with Gasteiger partial charge < -0.3 is 10.1 Å². The fraction of sp³-hybridized carbons (Fsp3) is 0.391. The number of carbonyl (C=O) groups is 1. The molecule has 2 aromatic carbocycles. The Morgan fingerprint density at radius 2 is 1.94 bits per heavy atom. The van der Waals surface area contributed by atoms with Gasteiger partial charge >= 0.3 is 11.0 Å². The molecule has 0 bridgehead atoms. The zero-order valence-corrected chi connectivity index (χ0v) is 18.4. The highest BCUT2D eigenvalue weighted by molar-refractivity contribution is 7.16. The van der Waals surface area contributed by atoms with Gasteiger partial charge in [0.15, 0.2) is 0 Å². The molecule has 1 amide bonds. The van der Waals surface area contributed by atoms with Crippen molar-refractivity contribution in [2.45, 2.75) is 51.8 Å². The Morgan fingerprint density at radius 1 is 1.23 bits per heavy atom. The van der Waals surface area contributed by atoms with Gasteiger partial charge in [-0.15, -0.1) is 0 Å². The van der Waals surface area contributed by atoms with E-state index >= 15 is 0 Å². The fourth-order valence-corrected chi connectivity index (χ4v) is 4.40. The van der Waals surface area contributed by atoms with E-state index in [0.717, 1.165) is 32.7 Å². The van der Waals surface area contributed by atoms with Crippen LogP contribution in [0.5, 0.6) is 0 Å². The van der Waals surface area contributed by atoms with E-state index in [9.17, 15) is 18.4 Å². The van der Waals surface area contributed by atoms with Crippen LogP contribution >= 0.6 is 11.3 Å². The van der Waals surface area contributed by atoms with Crippen molar-refractivity contribution in [1.82, 2.24) is 9.88 Å². The second-order valence-electron chi connectivity index (χ2n) is 8.88. The summed E-state index contributed by atoms with van der Waals surface area (Å²) in [5.41, 5.74) is 2.88. The molecule has 1 unspecified atom stereocenters. The van der Waals surface area contributed by atoms with Crippen molar-refractivity contribution in [2.24, 2.45) is 5.92 Å². The summed E-state index contributed by atoms with van der Waals surface area (Å²) < 4.78 is 34.1. The number of thiazole rings is 1. The van der Waals surface area contributed by atoms with Crippen LogP contribution < -0.4 is 10.2 Å². The van der Waals surface area contributed by atoms with Crippen molar-refractivity contribution in [3.05, 3.63) is 57.7 Å². The SMILES string of the molecule is CC(C)(C)OC(=O)NCc1cccc(-c2ccc3c(c2)sc(=O)n3CC2CC2(F)F)c1. The molecule has 4 rings (SSSR count). The second kappa shape index (κ2) is 7.75. The number of aromatic nitrogens is 1. The normalized spacial score (nSPS) is 17.5. The number of hydrogen-bond donors (Lipinski definition) is 1. The first-order valence-corrected chi connectivity index (χ1v) is 10.9. The lowest BCUT2D eigenvalue weighted by Crippen LogP contribution is -2.32.